The van der Waals surface area contributed by atoms with E-state index in [1.807, 2.05) is 20.8 Å². The fourth-order valence-corrected chi connectivity index (χ4v) is 2.65. The first kappa shape index (κ1) is 18.0. The topological polar surface area (TPSA) is 112 Å². The van der Waals surface area contributed by atoms with Crippen molar-refractivity contribution in [2.24, 2.45) is 5.92 Å². The van der Waals surface area contributed by atoms with E-state index in [1.165, 1.54) is 7.11 Å². The Balaban J connectivity index is 2.16. The Bertz CT molecular complexity index is 739. The van der Waals surface area contributed by atoms with Crippen molar-refractivity contribution in [2.45, 2.75) is 40.3 Å². The predicted molar refractivity (Wildman–Crippen MR) is 86.6 cm³/mol. The average molecular weight is 352 g/mol. The van der Waals surface area contributed by atoms with Gasteiger partial charge in [0.1, 0.15) is 6.04 Å². The molecule has 2 aromatic heterocycles. The SMILES string of the molecule is COC(=O)C(NC(=O)c1nnn(Cc2nsnc2C)c1C)C(C)C. The van der Waals surface area contributed by atoms with E-state index in [0.29, 0.717) is 12.2 Å². The first-order chi connectivity index (χ1) is 11.3. The average Bonchev–Trinajstić information content (AvgIpc) is 3.11. The molecular weight excluding hydrogens is 332 g/mol. The van der Waals surface area contributed by atoms with Crippen LogP contribution in [0.3, 0.4) is 0 Å². The van der Waals surface area contributed by atoms with Crippen LogP contribution in [0.15, 0.2) is 0 Å². The van der Waals surface area contributed by atoms with E-state index in [0.717, 1.165) is 23.1 Å². The number of hydrogen-bond donors (Lipinski definition) is 1. The van der Waals surface area contributed by atoms with E-state index in [2.05, 4.69) is 24.4 Å². The first-order valence-electron chi connectivity index (χ1n) is 7.42. The number of aromatic nitrogens is 5. The molecule has 2 rings (SSSR count). The fraction of sp³-hybridized carbons (Fsp3) is 0.571. The molecule has 0 aliphatic carbocycles. The molecule has 0 saturated heterocycles. The Morgan fingerprint density at radius 3 is 2.54 bits per heavy atom. The van der Waals surface area contributed by atoms with Gasteiger partial charge in [-0.1, -0.05) is 19.1 Å². The third-order valence-electron chi connectivity index (χ3n) is 3.65. The number of amides is 1. The minimum Gasteiger partial charge on any atom is -0.467 e. The Morgan fingerprint density at radius 1 is 1.29 bits per heavy atom. The number of nitrogens with zero attached hydrogens (tertiary/aromatic N) is 5. The molecule has 24 heavy (non-hydrogen) atoms. The molecule has 9 nitrogen and oxygen atoms in total. The molecular formula is C14H20N6O3S. The second kappa shape index (κ2) is 7.47. The second-order valence-corrected chi connectivity index (χ2v) is 6.22. The van der Waals surface area contributed by atoms with Crippen LogP contribution in [0.1, 0.15) is 41.4 Å². The monoisotopic (exact) mass is 352 g/mol. The van der Waals surface area contributed by atoms with E-state index in [1.54, 1.807) is 11.6 Å². The molecule has 130 valence electrons. The number of nitrogens with one attached hydrogen (secondary N) is 1. The van der Waals surface area contributed by atoms with Gasteiger partial charge in [0.2, 0.25) is 0 Å². The molecule has 2 aromatic rings. The molecule has 1 N–H and O–H groups in total. The number of hydrogen-bond acceptors (Lipinski definition) is 8. The molecule has 1 atom stereocenters. The summed E-state index contributed by atoms with van der Waals surface area (Å²) in [5.74, 6) is -1.07. The fourth-order valence-electron chi connectivity index (χ4n) is 2.09. The highest BCUT2D eigenvalue weighted by molar-refractivity contribution is 6.99. The summed E-state index contributed by atoms with van der Waals surface area (Å²) in [6.45, 7) is 7.64. The zero-order valence-electron chi connectivity index (χ0n) is 14.2. The highest BCUT2D eigenvalue weighted by atomic mass is 32.1. The molecule has 2 heterocycles. The standard InChI is InChI=1S/C14H20N6O3S/c1-7(2)11(14(22)23-5)15-13(21)12-9(4)20(19-16-12)6-10-8(3)17-24-18-10/h7,11H,6H2,1-5H3,(H,15,21). The number of esters is 1. The van der Waals surface area contributed by atoms with E-state index in [9.17, 15) is 9.59 Å². The summed E-state index contributed by atoms with van der Waals surface area (Å²) >= 11 is 1.13. The zero-order valence-corrected chi connectivity index (χ0v) is 15.0. The lowest BCUT2D eigenvalue weighted by atomic mass is 10.0. The second-order valence-electron chi connectivity index (χ2n) is 5.70. The van der Waals surface area contributed by atoms with Gasteiger partial charge in [-0.15, -0.1) is 5.10 Å². The molecule has 0 fully saturated rings. The Hall–Kier alpha value is -2.36. The zero-order chi connectivity index (χ0) is 17.9. The lowest BCUT2D eigenvalue weighted by Gasteiger charge is -2.19. The van der Waals surface area contributed by atoms with E-state index in [4.69, 9.17) is 4.74 Å². The smallest absolute Gasteiger partial charge is 0.328 e. The third kappa shape index (κ3) is 3.75. The molecule has 10 heteroatoms. The van der Waals surface area contributed by atoms with Crippen molar-refractivity contribution in [1.82, 2.24) is 29.1 Å². The van der Waals surface area contributed by atoms with Crippen molar-refractivity contribution in [2.75, 3.05) is 7.11 Å². The summed E-state index contributed by atoms with van der Waals surface area (Å²) in [5, 5.41) is 10.6. The molecule has 0 aliphatic rings. The molecule has 0 spiro atoms. The van der Waals surface area contributed by atoms with Crippen molar-refractivity contribution in [3.05, 3.63) is 22.8 Å². The van der Waals surface area contributed by atoms with Gasteiger partial charge in [0.15, 0.2) is 5.69 Å². The number of carbonyl (C=O) groups is 2. The largest absolute Gasteiger partial charge is 0.467 e. The molecule has 0 radical (unpaired) electrons. The van der Waals surface area contributed by atoms with Crippen LogP contribution in [0, 0.1) is 19.8 Å². The Morgan fingerprint density at radius 2 is 2.00 bits per heavy atom. The van der Waals surface area contributed by atoms with Gasteiger partial charge in [-0.2, -0.15) is 8.75 Å². The summed E-state index contributed by atoms with van der Waals surface area (Å²) in [4.78, 5) is 24.2. The van der Waals surface area contributed by atoms with Gasteiger partial charge in [0, 0.05) is 0 Å². The van der Waals surface area contributed by atoms with Crippen molar-refractivity contribution >= 4 is 23.6 Å². The number of aryl methyl sites for hydroxylation is 1. The van der Waals surface area contributed by atoms with Crippen LogP contribution in [0.5, 0.6) is 0 Å². The summed E-state index contributed by atoms with van der Waals surface area (Å²) in [7, 11) is 1.29. The van der Waals surface area contributed by atoms with Crippen LogP contribution in [0.2, 0.25) is 0 Å². The first-order valence-corrected chi connectivity index (χ1v) is 8.15. The number of ether oxygens (including phenoxy) is 1. The maximum atomic E-state index is 12.4. The lowest BCUT2D eigenvalue weighted by molar-refractivity contribution is -0.144. The number of rotatable bonds is 6. The van der Waals surface area contributed by atoms with Crippen LogP contribution >= 0.6 is 11.7 Å². The Kier molecular flexibility index (Phi) is 5.60. The summed E-state index contributed by atoms with van der Waals surface area (Å²) in [6, 6.07) is -0.739. The van der Waals surface area contributed by atoms with Crippen LogP contribution in [0.25, 0.3) is 0 Å². The highest BCUT2D eigenvalue weighted by Gasteiger charge is 2.27. The van der Waals surface area contributed by atoms with Crippen LogP contribution in [-0.4, -0.2) is 48.8 Å². The molecule has 1 unspecified atom stereocenters. The maximum absolute atomic E-state index is 12.4. The van der Waals surface area contributed by atoms with Crippen molar-refractivity contribution in [3.63, 3.8) is 0 Å². The summed E-state index contributed by atoms with van der Waals surface area (Å²) in [5.41, 5.74) is 2.37. The molecule has 0 saturated carbocycles. The van der Waals surface area contributed by atoms with Gasteiger partial charge in [-0.05, 0) is 19.8 Å². The van der Waals surface area contributed by atoms with E-state index >= 15 is 0 Å². The van der Waals surface area contributed by atoms with Crippen LogP contribution in [0.4, 0.5) is 0 Å². The summed E-state index contributed by atoms with van der Waals surface area (Å²) in [6.07, 6.45) is 0. The minimum absolute atomic E-state index is 0.111. The molecule has 1 amide bonds. The Labute approximate surface area is 143 Å². The highest BCUT2D eigenvalue weighted by Crippen LogP contribution is 2.11. The van der Waals surface area contributed by atoms with E-state index in [-0.39, 0.29) is 11.6 Å². The van der Waals surface area contributed by atoms with Crippen LogP contribution in [-0.2, 0) is 16.1 Å². The predicted octanol–water partition coefficient (Wildman–Crippen LogP) is 0.722. The van der Waals surface area contributed by atoms with Crippen LogP contribution < -0.4 is 5.32 Å². The third-order valence-corrected chi connectivity index (χ3v) is 4.31. The number of carbonyl (C=O) groups excluding carboxylic acids is 2. The van der Waals surface area contributed by atoms with Gasteiger partial charge < -0.3 is 10.1 Å². The van der Waals surface area contributed by atoms with Gasteiger partial charge >= 0.3 is 5.97 Å². The van der Waals surface area contributed by atoms with Gasteiger partial charge in [-0.25, -0.2) is 9.48 Å². The van der Waals surface area contributed by atoms with Crippen molar-refractivity contribution in [3.8, 4) is 0 Å². The number of methoxy groups -OCH3 is 1. The quantitative estimate of drug-likeness (QED) is 0.762. The lowest BCUT2D eigenvalue weighted by Crippen LogP contribution is -2.45. The summed E-state index contributed by atoms with van der Waals surface area (Å²) < 4.78 is 14.6. The molecule has 0 aromatic carbocycles. The van der Waals surface area contributed by atoms with E-state index < -0.39 is 17.9 Å². The maximum Gasteiger partial charge on any atom is 0.328 e. The van der Waals surface area contributed by atoms with Crippen molar-refractivity contribution in [1.29, 1.82) is 0 Å². The van der Waals surface area contributed by atoms with Crippen molar-refractivity contribution < 1.29 is 14.3 Å². The normalized spacial score (nSPS) is 12.2. The minimum atomic E-state index is -0.739. The molecule has 0 bridgehead atoms. The van der Waals surface area contributed by atoms with Gasteiger partial charge in [0.05, 0.1) is 42.5 Å². The van der Waals surface area contributed by atoms with Gasteiger partial charge in [0.25, 0.3) is 5.91 Å². The van der Waals surface area contributed by atoms with Gasteiger partial charge in [-0.3, -0.25) is 4.79 Å². The molecule has 0 aliphatic heterocycles.